The fourth-order valence-corrected chi connectivity index (χ4v) is 3.60. The Morgan fingerprint density at radius 1 is 1.04 bits per heavy atom. The number of nitrogens with one attached hydrogen (secondary N) is 1. The first kappa shape index (κ1) is 18.7. The minimum absolute atomic E-state index is 0.0131. The van der Waals surface area contributed by atoms with Crippen molar-refractivity contribution in [1.82, 2.24) is 10.2 Å². The molecule has 138 valence electrons. The zero-order chi connectivity index (χ0) is 18.2. The topological polar surface area (TPSA) is 41.6 Å². The Hall–Kier alpha value is -2.04. The van der Waals surface area contributed by atoms with E-state index in [4.69, 9.17) is 16.3 Å². The molecule has 0 aliphatic carbocycles. The molecule has 0 saturated carbocycles. The van der Waals surface area contributed by atoms with Gasteiger partial charge in [-0.25, -0.2) is 0 Å². The van der Waals surface area contributed by atoms with Crippen molar-refractivity contribution < 1.29 is 9.53 Å². The summed E-state index contributed by atoms with van der Waals surface area (Å²) in [5.41, 5.74) is 1.07. The molecule has 1 aliphatic rings. The number of piperidine rings is 1. The van der Waals surface area contributed by atoms with Crippen molar-refractivity contribution in [1.29, 1.82) is 0 Å². The van der Waals surface area contributed by atoms with E-state index in [2.05, 4.69) is 10.2 Å². The first-order chi connectivity index (χ1) is 12.7. The van der Waals surface area contributed by atoms with Crippen molar-refractivity contribution in [2.45, 2.75) is 25.3 Å². The molecule has 1 saturated heterocycles. The van der Waals surface area contributed by atoms with Gasteiger partial charge >= 0.3 is 0 Å². The fraction of sp³-hybridized carbons (Fsp3) is 0.381. The highest BCUT2D eigenvalue weighted by Gasteiger charge is 2.24. The molecule has 1 amide bonds. The monoisotopic (exact) mass is 372 g/mol. The maximum Gasteiger partial charge on any atom is 0.258 e. The highest BCUT2D eigenvalue weighted by atomic mass is 35.5. The molecule has 3 rings (SSSR count). The number of carbonyl (C=O) groups is 1. The van der Waals surface area contributed by atoms with Gasteiger partial charge in [0.15, 0.2) is 6.61 Å². The lowest BCUT2D eigenvalue weighted by Crippen LogP contribution is -2.41. The second-order valence-electron chi connectivity index (χ2n) is 6.54. The molecule has 2 aromatic rings. The van der Waals surface area contributed by atoms with Crippen molar-refractivity contribution in [3.05, 3.63) is 65.2 Å². The molecule has 0 bridgehead atoms. The molecule has 2 aromatic carbocycles. The number of benzene rings is 2. The van der Waals surface area contributed by atoms with Gasteiger partial charge in [-0.3, -0.25) is 9.69 Å². The van der Waals surface area contributed by atoms with Crippen molar-refractivity contribution in [2.24, 2.45) is 0 Å². The van der Waals surface area contributed by atoms with E-state index in [0.29, 0.717) is 12.3 Å². The van der Waals surface area contributed by atoms with Crippen LogP contribution in [0, 0.1) is 0 Å². The van der Waals surface area contributed by atoms with E-state index in [1.165, 1.54) is 19.3 Å². The van der Waals surface area contributed by atoms with Gasteiger partial charge in [-0.15, -0.1) is 0 Å². The van der Waals surface area contributed by atoms with Gasteiger partial charge in [0.05, 0.1) is 6.04 Å². The molecule has 1 heterocycles. The summed E-state index contributed by atoms with van der Waals surface area (Å²) in [4.78, 5) is 14.7. The van der Waals surface area contributed by atoms with Crippen LogP contribution in [-0.4, -0.2) is 37.0 Å². The number of ether oxygens (including phenoxy) is 1. The van der Waals surface area contributed by atoms with Crippen molar-refractivity contribution >= 4 is 17.5 Å². The van der Waals surface area contributed by atoms with E-state index in [1.807, 2.05) is 54.6 Å². The Bertz CT molecular complexity index is 702. The third-order valence-electron chi connectivity index (χ3n) is 4.70. The molecular formula is C21H25ClN2O2. The van der Waals surface area contributed by atoms with Crippen molar-refractivity contribution in [3.8, 4) is 5.75 Å². The van der Waals surface area contributed by atoms with Crippen molar-refractivity contribution in [2.75, 3.05) is 26.2 Å². The van der Waals surface area contributed by atoms with E-state index in [1.54, 1.807) is 0 Å². The molecule has 1 aliphatic heterocycles. The lowest BCUT2D eigenvalue weighted by atomic mass is 10.0. The number of halogens is 1. The molecule has 0 spiro atoms. The second-order valence-corrected chi connectivity index (χ2v) is 6.95. The minimum atomic E-state index is -0.122. The predicted molar refractivity (Wildman–Crippen MR) is 105 cm³/mol. The van der Waals surface area contributed by atoms with Gasteiger partial charge in [0.25, 0.3) is 5.91 Å². The molecular weight excluding hydrogens is 348 g/mol. The SMILES string of the molecule is O=C(COc1ccccc1)NC[C@@H](c1ccccc1Cl)N1CCCCC1. The molecule has 0 radical (unpaired) electrons. The summed E-state index contributed by atoms with van der Waals surface area (Å²) in [6.07, 6.45) is 3.64. The number of amides is 1. The molecule has 0 aromatic heterocycles. The lowest BCUT2D eigenvalue weighted by Gasteiger charge is -2.35. The average molecular weight is 373 g/mol. The quantitative estimate of drug-likeness (QED) is 0.796. The summed E-state index contributed by atoms with van der Waals surface area (Å²) in [7, 11) is 0. The third-order valence-corrected chi connectivity index (χ3v) is 5.05. The summed E-state index contributed by atoms with van der Waals surface area (Å²) in [5, 5.41) is 3.76. The van der Waals surface area contributed by atoms with Crippen LogP contribution in [0.25, 0.3) is 0 Å². The molecule has 1 fully saturated rings. The number of likely N-dealkylation sites (tertiary alicyclic amines) is 1. The van der Waals surface area contributed by atoms with Gasteiger partial charge in [0.1, 0.15) is 5.75 Å². The number of nitrogens with zero attached hydrogens (tertiary/aromatic N) is 1. The van der Waals surface area contributed by atoms with Crippen LogP contribution in [0.1, 0.15) is 30.9 Å². The van der Waals surface area contributed by atoms with Crippen LogP contribution < -0.4 is 10.1 Å². The maximum absolute atomic E-state index is 12.2. The Morgan fingerprint density at radius 2 is 1.73 bits per heavy atom. The summed E-state index contributed by atoms with van der Waals surface area (Å²) in [6, 6.07) is 17.4. The maximum atomic E-state index is 12.2. The largest absolute Gasteiger partial charge is 0.484 e. The van der Waals surface area contributed by atoms with Crippen LogP contribution in [0.2, 0.25) is 5.02 Å². The lowest BCUT2D eigenvalue weighted by molar-refractivity contribution is -0.123. The van der Waals surface area contributed by atoms with Gasteiger partial charge in [-0.2, -0.15) is 0 Å². The average Bonchev–Trinajstić information content (AvgIpc) is 2.69. The molecule has 1 N–H and O–H groups in total. The van der Waals surface area contributed by atoms with E-state index >= 15 is 0 Å². The van der Waals surface area contributed by atoms with Gasteiger partial charge in [0, 0.05) is 11.6 Å². The van der Waals surface area contributed by atoms with Gasteiger partial charge < -0.3 is 10.1 Å². The summed E-state index contributed by atoms with van der Waals surface area (Å²) in [5.74, 6) is 0.573. The van der Waals surface area contributed by atoms with E-state index in [0.717, 1.165) is 23.7 Å². The fourth-order valence-electron chi connectivity index (χ4n) is 3.34. The molecule has 5 heteroatoms. The predicted octanol–water partition coefficient (Wildman–Crippen LogP) is 4.06. The van der Waals surface area contributed by atoms with Crippen LogP contribution in [0.5, 0.6) is 5.75 Å². The Kier molecular flexibility index (Phi) is 6.92. The first-order valence-corrected chi connectivity index (χ1v) is 9.55. The number of carbonyl (C=O) groups excluding carboxylic acids is 1. The van der Waals surface area contributed by atoms with Gasteiger partial charge in [0.2, 0.25) is 0 Å². The summed E-state index contributed by atoms with van der Waals surface area (Å²) >= 11 is 6.43. The minimum Gasteiger partial charge on any atom is -0.484 e. The van der Waals surface area contributed by atoms with Crippen LogP contribution in [0.3, 0.4) is 0 Å². The smallest absolute Gasteiger partial charge is 0.258 e. The molecule has 0 unspecified atom stereocenters. The van der Waals surface area contributed by atoms with E-state index in [9.17, 15) is 4.79 Å². The highest BCUT2D eigenvalue weighted by molar-refractivity contribution is 6.31. The van der Waals surface area contributed by atoms with E-state index in [-0.39, 0.29) is 18.6 Å². The van der Waals surface area contributed by atoms with Gasteiger partial charge in [-0.05, 0) is 49.7 Å². The molecule has 4 nitrogen and oxygen atoms in total. The highest BCUT2D eigenvalue weighted by Crippen LogP contribution is 2.29. The third kappa shape index (κ3) is 5.23. The van der Waals surface area contributed by atoms with Crippen LogP contribution >= 0.6 is 11.6 Å². The molecule has 1 atom stereocenters. The number of hydrogen-bond donors (Lipinski definition) is 1. The first-order valence-electron chi connectivity index (χ1n) is 9.17. The van der Waals surface area contributed by atoms with Crippen molar-refractivity contribution in [3.63, 3.8) is 0 Å². The standard InChI is InChI=1S/C21H25ClN2O2/c22-19-12-6-5-11-18(19)20(24-13-7-2-8-14-24)15-23-21(25)16-26-17-9-3-1-4-10-17/h1,3-6,9-12,20H,2,7-8,13-16H2,(H,23,25)/t20-/m0/s1. The Morgan fingerprint density at radius 3 is 2.46 bits per heavy atom. The number of para-hydroxylation sites is 1. The van der Waals surface area contributed by atoms with Crippen LogP contribution in [-0.2, 0) is 4.79 Å². The summed E-state index contributed by atoms with van der Waals surface area (Å²) < 4.78 is 5.52. The molecule has 26 heavy (non-hydrogen) atoms. The Balaban J connectivity index is 1.60. The van der Waals surface area contributed by atoms with Crippen LogP contribution in [0.4, 0.5) is 0 Å². The van der Waals surface area contributed by atoms with E-state index < -0.39 is 0 Å². The van der Waals surface area contributed by atoms with Gasteiger partial charge in [-0.1, -0.05) is 54.4 Å². The number of rotatable bonds is 7. The van der Waals surface area contributed by atoms with Crippen LogP contribution in [0.15, 0.2) is 54.6 Å². The summed E-state index contributed by atoms with van der Waals surface area (Å²) in [6.45, 7) is 2.61. The zero-order valence-corrected chi connectivity index (χ0v) is 15.6. The Labute approximate surface area is 160 Å². The second kappa shape index (κ2) is 9.60. The normalized spacial score (nSPS) is 16.0. The number of hydrogen-bond acceptors (Lipinski definition) is 3. The zero-order valence-electron chi connectivity index (χ0n) is 14.9.